The Morgan fingerprint density at radius 2 is 1.81 bits per heavy atom. The minimum atomic E-state index is -0.0519. The number of hydrogen-bond donors (Lipinski definition) is 2. The molecule has 1 heterocycles. The molecule has 1 aliphatic heterocycles. The van der Waals surface area contributed by atoms with E-state index in [0.29, 0.717) is 5.41 Å². The lowest BCUT2D eigenvalue weighted by Crippen LogP contribution is -2.44. The molecule has 0 spiro atoms. The lowest BCUT2D eigenvalue weighted by molar-refractivity contribution is 0.0631. The summed E-state index contributed by atoms with van der Waals surface area (Å²) in [5.74, 6) is 0. The first-order valence-corrected chi connectivity index (χ1v) is 6.69. The van der Waals surface area contributed by atoms with Crippen LogP contribution in [0.15, 0.2) is 0 Å². The first-order chi connectivity index (χ1) is 7.55. The molecule has 94 valence electrons. The zero-order valence-corrected chi connectivity index (χ0v) is 10.7. The molecule has 0 atom stereocenters. The zero-order valence-electron chi connectivity index (χ0n) is 10.7. The number of rotatable bonds is 5. The highest BCUT2D eigenvalue weighted by Crippen LogP contribution is 2.23. The Morgan fingerprint density at radius 3 is 2.38 bits per heavy atom. The van der Waals surface area contributed by atoms with E-state index in [4.69, 9.17) is 0 Å². The van der Waals surface area contributed by atoms with Gasteiger partial charge in [0.15, 0.2) is 0 Å². The van der Waals surface area contributed by atoms with Gasteiger partial charge in [0.25, 0.3) is 0 Å². The van der Waals surface area contributed by atoms with Crippen LogP contribution in [0.5, 0.6) is 0 Å². The van der Waals surface area contributed by atoms with Crippen molar-refractivity contribution in [3.05, 3.63) is 0 Å². The molecular formula is C13H26N2O. The van der Waals surface area contributed by atoms with Crippen molar-refractivity contribution in [2.75, 3.05) is 26.2 Å². The molecule has 3 nitrogen and oxygen atoms in total. The number of nitrogens with one attached hydrogen (secondary N) is 1. The summed E-state index contributed by atoms with van der Waals surface area (Å²) in [6, 6.07) is 0.808. The first kappa shape index (κ1) is 12.3. The van der Waals surface area contributed by atoms with E-state index in [1.165, 1.54) is 12.8 Å². The molecule has 1 saturated heterocycles. The smallest absolute Gasteiger partial charge is 0.0564 e. The molecule has 0 unspecified atom stereocenters. The van der Waals surface area contributed by atoms with E-state index >= 15 is 0 Å². The second kappa shape index (κ2) is 5.03. The van der Waals surface area contributed by atoms with E-state index < -0.39 is 0 Å². The third-order valence-corrected chi connectivity index (χ3v) is 3.66. The summed E-state index contributed by atoms with van der Waals surface area (Å²) in [4.78, 5) is 2.50. The molecule has 2 aliphatic rings. The number of hydrogen-bond acceptors (Lipinski definition) is 3. The standard InChI is InChI=1S/C13H26N2O/c1-13(2,9-14-11-3-4-11)10-15-7-5-12(16)6-8-15/h11-12,14,16H,3-10H2,1-2H3. The van der Waals surface area contributed by atoms with Gasteiger partial charge in [-0.25, -0.2) is 0 Å². The van der Waals surface area contributed by atoms with Crippen LogP contribution in [-0.2, 0) is 0 Å². The van der Waals surface area contributed by atoms with Crippen LogP contribution < -0.4 is 5.32 Å². The molecule has 0 aromatic carbocycles. The minimum Gasteiger partial charge on any atom is -0.393 e. The summed E-state index contributed by atoms with van der Waals surface area (Å²) < 4.78 is 0. The van der Waals surface area contributed by atoms with Crippen LogP contribution in [0.2, 0.25) is 0 Å². The van der Waals surface area contributed by atoms with Crippen LogP contribution in [0, 0.1) is 5.41 Å². The second-order valence-corrected chi connectivity index (χ2v) is 6.33. The van der Waals surface area contributed by atoms with E-state index in [9.17, 15) is 5.11 Å². The highest BCUT2D eigenvalue weighted by Gasteiger charge is 2.28. The SMILES string of the molecule is CC(C)(CNC1CC1)CN1CCC(O)CC1. The summed E-state index contributed by atoms with van der Waals surface area (Å²) in [7, 11) is 0. The van der Waals surface area contributed by atoms with Gasteiger partial charge in [-0.1, -0.05) is 13.8 Å². The summed E-state index contributed by atoms with van der Waals surface area (Å²) in [5, 5.41) is 13.1. The van der Waals surface area contributed by atoms with Crippen molar-refractivity contribution in [1.29, 1.82) is 0 Å². The van der Waals surface area contributed by atoms with Crippen molar-refractivity contribution in [2.45, 2.75) is 51.7 Å². The molecule has 2 rings (SSSR count). The zero-order chi connectivity index (χ0) is 11.6. The predicted octanol–water partition coefficient (Wildman–Crippen LogP) is 1.22. The van der Waals surface area contributed by atoms with Crippen molar-refractivity contribution in [2.24, 2.45) is 5.41 Å². The lowest BCUT2D eigenvalue weighted by atomic mass is 9.91. The van der Waals surface area contributed by atoms with Gasteiger partial charge in [-0.05, 0) is 31.1 Å². The van der Waals surface area contributed by atoms with Crippen molar-refractivity contribution >= 4 is 0 Å². The van der Waals surface area contributed by atoms with Gasteiger partial charge >= 0.3 is 0 Å². The number of aliphatic hydroxyl groups is 1. The molecule has 0 amide bonds. The quantitative estimate of drug-likeness (QED) is 0.740. The monoisotopic (exact) mass is 226 g/mol. The average molecular weight is 226 g/mol. The maximum atomic E-state index is 9.47. The Bertz CT molecular complexity index is 218. The fourth-order valence-corrected chi connectivity index (χ4v) is 2.45. The Morgan fingerprint density at radius 1 is 1.19 bits per heavy atom. The fraction of sp³-hybridized carbons (Fsp3) is 1.00. The summed E-state index contributed by atoms with van der Waals surface area (Å²) in [5.41, 5.74) is 0.352. The molecule has 0 bridgehead atoms. The Balaban J connectivity index is 1.69. The van der Waals surface area contributed by atoms with Crippen LogP contribution in [0.4, 0.5) is 0 Å². The van der Waals surface area contributed by atoms with Crippen LogP contribution in [0.3, 0.4) is 0 Å². The third kappa shape index (κ3) is 4.04. The van der Waals surface area contributed by atoms with E-state index in [1.54, 1.807) is 0 Å². The van der Waals surface area contributed by atoms with E-state index in [0.717, 1.165) is 45.1 Å². The van der Waals surface area contributed by atoms with Crippen molar-refractivity contribution < 1.29 is 5.11 Å². The van der Waals surface area contributed by atoms with Crippen LogP contribution in [0.1, 0.15) is 39.5 Å². The van der Waals surface area contributed by atoms with Gasteiger partial charge in [-0.3, -0.25) is 0 Å². The van der Waals surface area contributed by atoms with Crippen molar-refractivity contribution in [3.63, 3.8) is 0 Å². The van der Waals surface area contributed by atoms with Gasteiger partial charge in [0.1, 0.15) is 0 Å². The number of aliphatic hydroxyl groups excluding tert-OH is 1. The second-order valence-electron chi connectivity index (χ2n) is 6.33. The van der Waals surface area contributed by atoms with E-state index in [1.807, 2.05) is 0 Å². The van der Waals surface area contributed by atoms with Gasteiger partial charge in [0.05, 0.1) is 6.10 Å². The van der Waals surface area contributed by atoms with E-state index in [-0.39, 0.29) is 6.10 Å². The summed E-state index contributed by atoms with van der Waals surface area (Å²) in [6.45, 7) is 9.08. The number of piperidine rings is 1. The molecule has 0 radical (unpaired) electrons. The van der Waals surface area contributed by atoms with Crippen molar-refractivity contribution in [1.82, 2.24) is 10.2 Å². The molecule has 2 fully saturated rings. The van der Waals surface area contributed by atoms with Crippen molar-refractivity contribution in [3.8, 4) is 0 Å². The van der Waals surface area contributed by atoms with Gasteiger partial charge in [-0.2, -0.15) is 0 Å². The molecule has 1 saturated carbocycles. The molecular weight excluding hydrogens is 200 g/mol. The van der Waals surface area contributed by atoms with Gasteiger partial charge < -0.3 is 15.3 Å². The maximum absolute atomic E-state index is 9.47. The molecule has 16 heavy (non-hydrogen) atoms. The molecule has 0 aromatic heterocycles. The third-order valence-electron chi connectivity index (χ3n) is 3.66. The fourth-order valence-electron chi connectivity index (χ4n) is 2.45. The topological polar surface area (TPSA) is 35.5 Å². The maximum Gasteiger partial charge on any atom is 0.0564 e. The van der Waals surface area contributed by atoms with Gasteiger partial charge in [-0.15, -0.1) is 0 Å². The largest absolute Gasteiger partial charge is 0.393 e. The van der Waals surface area contributed by atoms with Gasteiger partial charge in [0.2, 0.25) is 0 Å². The van der Waals surface area contributed by atoms with Gasteiger partial charge in [0, 0.05) is 32.2 Å². The molecule has 0 aromatic rings. The Hall–Kier alpha value is -0.120. The van der Waals surface area contributed by atoms with Crippen LogP contribution in [-0.4, -0.2) is 48.3 Å². The normalized spacial score (nSPS) is 24.9. The summed E-state index contributed by atoms with van der Waals surface area (Å²) >= 11 is 0. The number of nitrogens with zero attached hydrogens (tertiary/aromatic N) is 1. The highest BCUT2D eigenvalue weighted by atomic mass is 16.3. The molecule has 1 aliphatic carbocycles. The summed E-state index contributed by atoms with van der Waals surface area (Å²) in [6.07, 6.45) is 4.58. The average Bonchev–Trinajstić information content (AvgIpc) is 3.02. The molecule has 2 N–H and O–H groups in total. The minimum absolute atomic E-state index is 0.0519. The predicted molar refractivity (Wildman–Crippen MR) is 66.5 cm³/mol. The highest BCUT2D eigenvalue weighted by molar-refractivity contribution is 4.86. The number of likely N-dealkylation sites (tertiary alicyclic amines) is 1. The Labute approximate surface area is 99.2 Å². The first-order valence-electron chi connectivity index (χ1n) is 6.69. The molecule has 3 heteroatoms. The lowest BCUT2D eigenvalue weighted by Gasteiger charge is -2.36. The van der Waals surface area contributed by atoms with Crippen LogP contribution in [0.25, 0.3) is 0 Å². The van der Waals surface area contributed by atoms with Crippen LogP contribution >= 0.6 is 0 Å². The van der Waals surface area contributed by atoms with E-state index in [2.05, 4.69) is 24.1 Å². The Kier molecular flexibility index (Phi) is 3.88.